The second kappa shape index (κ2) is 10.4. The van der Waals surface area contributed by atoms with Crippen LogP contribution in [0.25, 0.3) is 0 Å². The van der Waals surface area contributed by atoms with Crippen molar-refractivity contribution in [3.63, 3.8) is 0 Å². The van der Waals surface area contributed by atoms with Gasteiger partial charge < -0.3 is 10.6 Å². The van der Waals surface area contributed by atoms with Crippen LogP contribution in [0.5, 0.6) is 0 Å². The Balaban J connectivity index is 1.53. The molecule has 0 aliphatic heterocycles. The van der Waals surface area contributed by atoms with Crippen molar-refractivity contribution in [2.45, 2.75) is 19.2 Å². The molecule has 0 saturated carbocycles. The Labute approximate surface area is 175 Å². The van der Waals surface area contributed by atoms with Crippen LogP contribution in [0.2, 0.25) is 0 Å². The summed E-state index contributed by atoms with van der Waals surface area (Å²) in [5, 5.41) is 5.72. The van der Waals surface area contributed by atoms with Crippen LogP contribution in [-0.2, 0) is 17.1 Å². The van der Waals surface area contributed by atoms with Gasteiger partial charge in [-0.15, -0.1) is 11.8 Å². The Kier molecular flexibility index (Phi) is 7.41. The third-order valence-electron chi connectivity index (χ3n) is 4.21. The molecule has 0 saturated heterocycles. The minimum atomic E-state index is -0.239. The first-order chi connectivity index (χ1) is 14.1. The number of nitrogens with one attached hydrogen (secondary N) is 2. The number of aryl methyl sites for hydroxylation is 1. The number of anilines is 1. The molecule has 2 N–H and O–H groups in total. The first kappa shape index (κ1) is 20.6. The predicted molar refractivity (Wildman–Crippen MR) is 118 cm³/mol. The van der Waals surface area contributed by atoms with Crippen molar-refractivity contribution in [2.75, 3.05) is 11.1 Å². The summed E-state index contributed by atoms with van der Waals surface area (Å²) in [6.45, 7) is 2.43. The smallest absolute Gasteiger partial charge is 0.253 e. The van der Waals surface area contributed by atoms with Gasteiger partial charge >= 0.3 is 0 Å². The fraction of sp³-hybridized carbons (Fsp3) is 0.174. The summed E-state index contributed by atoms with van der Waals surface area (Å²) in [7, 11) is 0. The molecule has 2 amide bonds. The number of benzene rings is 2. The molecule has 0 bridgehead atoms. The lowest BCUT2D eigenvalue weighted by Gasteiger charge is -2.11. The quantitative estimate of drug-likeness (QED) is 0.589. The van der Waals surface area contributed by atoms with Crippen molar-refractivity contribution in [2.24, 2.45) is 0 Å². The molecule has 3 aromatic rings. The zero-order chi connectivity index (χ0) is 20.5. The molecule has 0 unspecified atom stereocenters. The number of carbonyl (C=O) groups excluding carboxylic acids is 2. The Morgan fingerprint density at radius 3 is 2.62 bits per heavy atom. The zero-order valence-corrected chi connectivity index (χ0v) is 17.0. The maximum Gasteiger partial charge on any atom is 0.253 e. The second-order valence-corrected chi connectivity index (χ2v) is 7.61. The fourth-order valence-corrected chi connectivity index (χ4v) is 3.60. The number of aromatic nitrogens is 1. The summed E-state index contributed by atoms with van der Waals surface area (Å²) in [5.74, 6) is 0.717. The average Bonchev–Trinajstić information content (AvgIpc) is 2.73. The summed E-state index contributed by atoms with van der Waals surface area (Å²) in [6.07, 6.45) is 3.40. The van der Waals surface area contributed by atoms with E-state index >= 15 is 0 Å². The molecular weight excluding hydrogens is 382 g/mol. The van der Waals surface area contributed by atoms with Gasteiger partial charge in [-0.1, -0.05) is 48.0 Å². The number of para-hydroxylation sites is 1. The van der Waals surface area contributed by atoms with Crippen LogP contribution in [0.4, 0.5) is 5.69 Å². The molecule has 6 heteroatoms. The van der Waals surface area contributed by atoms with E-state index in [1.807, 2.05) is 18.2 Å². The first-order valence-corrected chi connectivity index (χ1v) is 10.5. The minimum Gasteiger partial charge on any atom is -0.348 e. The van der Waals surface area contributed by atoms with Crippen molar-refractivity contribution in [1.82, 2.24) is 10.3 Å². The van der Waals surface area contributed by atoms with Crippen LogP contribution in [0.3, 0.4) is 0 Å². The molecule has 3 rings (SSSR count). The van der Waals surface area contributed by atoms with Crippen molar-refractivity contribution < 1.29 is 9.59 Å². The number of amides is 2. The van der Waals surface area contributed by atoms with E-state index in [1.54, 1.807) is 48.4 Å². The number of thioether (sulfide) groups is 1. The van der Waals surface area contributed by atoms with Gasteiger partial charge in [0.25, 0.3) is 5.91 Å². The standard InChI is InChI=1S/C23H23N3O2S/c1-17-6-4-7-18(12-17)15-29-16-22(27)26-21-10-3-2-9-20(21)23(28)25-14-19-8-5-11-24-13-19/h2-13H,14-16H2,1H3,(H,25,28)(H,26,27). The topological polar surface area (TPSA) is 71.1 Å². The van der Waals surface area contributed by atoms with Gasteiger partial charge in [-0.3, -0.25) is 14.6 Å². The third kappa shape index (κ3) is 6.47. The van der Waals surface area contributed by atoms with E-state index in [0.717, 1.165) is 11.3 Å². The molecule has 148 valence electrons. The summed E-state index contributed by atoms with van der Waals surface area (Å²) >= 11 is 1.54. The van der Waals surface area contributed by atoms with Crippen LogP contribution in [0.1, 0.15) is 27.0 Å². The largest absolute Gasteiger partial charge is 0.348 e. The summed E-state index contributed by atoms with van der Waals surface area (Å²) in [6, 6.07) is 19.0. The Morgan fingerprint density at radius 1 is 1.00 bits per heavy atom. The number of pyridine rings is 1. The molecular formula is C23H23N3O2S. The van der Waals surface area contributed by atoms with E-state index in [4.69, 9.17) is 0 Å². The lowest BCUT2D eigenvalue weighted by atomic mass is 10.1. The molecule has 1 heterocycles. The van der Waals surface area contributed by atoms with Gasteiger partial charge in [0.05, 0.1) is 17.0 Å². The molecule has 2 aromatic carbocycles. The van der Waals surface area contributed by atoms with Gasteiger partial charge in [-0.2, -0.15) is 0 Å². The molecule has 0 aliphatic rings. The Hall–Kier alpha value is -3.12. The van der Waals surface area contributed by atoms with Crippen LogP contribution in [0, 0.1) is 6.92 Å². The van der Waals surface area contributed by atoms with Gasteiger partial charge in [0, 0.05) is 24.7 Å². The number of hydrogen-bond acceptors (Lipinski definition) is 4. The monoisotopic (exact) mass is 405 g/mol. The number of rotatable bonds is 8. The fourth-order valence-electron chi connectivity index (χ4n) is 2.82. The van der Waals surface area contributed by atoms with E-state index in [0.29, 0.717) is 23.5 Å². The molecule has 0 atom stereocenters. The van der Waals surface area contributed by atoms with Gasteiger partial charge in [-0.05, 0) is 36.2 Å². The molecule has 0 fully saturated rings. The minimum absolute atomic E-state index is 0.129. The lowest BCUT2D eigenvalue weighted by Crippen LogP contribution is -2.25. The molecule has 0 radical (unpaired) electrons. The summed E-state index contributed by atoms with van der Waals surface area (Å²) in [4.78, 5) is 29.0. The van der Waals surface area contributed by atoms with Gasteiger partial charge in [0.15, 0.2) is 0 Å². The molecule has 5 nitrogen and oxygen atoms in total. The van der Waals surface area contributed by atoms with Crippen LogP contribution >= 0.6 is 11.8 Å². The van der Waals surface area contributed by atoms with Crippen LogP contribution in [-0.4, -0.2) is 22.6 Å². The highest BCUT2D eigenvalue weighted by Crippen LogP contribution is 2.17. The zero-order valence-electron chi connectivity index (χ0n) is 16.2. The van der Waals surface area contributed by atoms with E-state index in [9.17, 15) is 9.59 Å². The van der Waals surface area contributed by atoms with E-state index in [-0.39, 0.29) is 11.8 Å². The Bertz CT molecular complexity index is 977. The third-order valence-corrected chi connectivity index (χ3v) is 5.21. The normalized spacial score (nSPS) is 10.4. The van der Waals surface area contributed by atoms with E-state index < -0.39 is 0 Å². The molecule has 0 aliphatic carbocycles. The highest BCUT2D eigenvalue weighted by Gasteiger charge is 2.13. The van der Waals surface area contributed by atoms with Crippen molar-refractivity contribution >= 4 is 29.3 Å². The van der Waals surface area contributed by atoms with Crippen LogP contribution < -0.4 is 10.6 Å². The highest BCUT2D eigenvalue weighted by atomic mass is 32.2. The SMILES string of the molecule is Cc1cccc(CSCC(=O)Nc2ccccc2C(=O)NCc2cccnc2)c1. The number of nitrogens with zero attached hydrogens (tertiary/aromatic N) is 1. The van der Waals surface area contributed by atoms with E-state index in [1.165, 1.54) is 11.1 Å². The highest BCUT2D eigenvalue weighted by molar-refractivity contribution is 7.99. The van der Waals surface area contributed by atoms with Gasteiger partial charge in [0.2, 0.25) is 5.91 Å². The van der Waals surface area contributed by atoms with Crippen LogP contribution in [0.15, 0.2) is 73.1 Å². The molecule has 1 aromatic heterocycles. The predicted octanol–water partition coefficient (Wildman–Crippen LogP) is 4.19. The molecule has 29 heavy (non-hydrogen) atoms. The Morgan fingerprint density at radius 2 is 1.83 bits per heavy atom. The average molecular weight is 406 g/mol. The summed E-state index contributed by atoms with van der Waals surface area (Å²) in [5.41, 5.74) is 4.26. The second-order valence-electron chi connectivity index (χ2n) is 6.62. The maximum atomic E-state index is 12.6. The maximum absolute atomic E-state index is 12.6. The van der Waals surface area contributed by atoms with Gasteiger partial charge in [-0.25, -0.2) is 0 Å². The number of hydrogen-bond donors (Lipinski definition) is 2. The lowest BCUT2D eigenvalue weighted by molar-refractivity contribution is -0.113. The van der Waals surface area contributed by atoms with Crippen molar-refractivity contribution in [3.05, 3.63) is 95.3 Å². The number of carbonyl (C=O) groups is 2. The first-order valence-electron chi connectivity index (χ1n) is 9.31. The molecule has 0 spiro atoms. The van der Waals surface area contributed by atoms with Crippen molar-refractivity contribution in [1.29, 1.82) is 0 Å². The summed E-state index contributed by atoms with van der Waals surface area (Å²) < 4.78 is 0. The van der Waals surface area contributed by atoms with E-state index in [2.05, 4.69) is 40.7 Å². The van der Waals surface area contributed by atoms with Gasteiger partial charge in [0.1, 0.15) is 0 Å². The van der Waals surface area contributed by atoms with Crippen molar-refractivity contribution in [3.8, 4) is 0 Å².